The Morgan fingerprint density at radius 2 is 1.45 bits per heavy atom. The highest BCUT2D eigenvalue weighted by molar-refractivity contribution is 5.72. The molecule has 2 rings (SSSR count). The molecule has 118 valence electrons. The number of rotatable bonds is 4. The van der Waals surface area contributed by atoms with Crippen LogP contribution in [0, 0.1) is 0 Å². The average Bonchev–Trinajstić information content (AvgIpc) is 2.52. The Morgan fingerprint density at radius 3 is 1.91 bits per heavy atom. The van der Waals surface area contributed by atoms with Crippen LogP contribution in [0.25, 0.3) is 11.1 Å². The summed E-state index contributed by atoms with van der Waals surface area (Å²) in [6, 6.07) is 8.76. The Hall–Kier alpha value is -1.84. The standard InChI is InChI=1S/C18H20F3N/c1-4-13-14(5-2)16(12-10-8-7-9-11-12)17(18(19,20)21)22-15(13)6-3/h7-11H,4-6H2,1-3H3. The minimum Gasteiger partial charge on any atom is -0.247 e. The van der Waals surface area contributed by atoms with Crippen LogP contribution in [0.2, 0.25) is 0 Å². The molecule has 0 spiro atoms. The number of hydrogen-bond acceptors (Lipinski definition) is 1. The molecule has 0 N–H and O–H groups in total. The summed E-state index contributed by atoms with van der Waals surface area (Å²) in [6.07, 6.45) is -2.69. The monoisotopic (exact) mass is 307 g/mol. The topological polar surface area (TPSA) is 12.9 Å². The van der Waals surface area contributed by atoms with E-state index in [4.69, 9.17) is 0 Å². The zero-order chi connectivity index (χ0) is 16.3. The number of alkyl halides is 3. The summed E-state index contributed by atoms with van der Waals surface area (Å²) in [4.78, 5) is 3.99. The van der Waals surface area contributed by atoms with Gasteiger partial charge in [0.05, 0.1) is 0 Å². The van der Waals surface area contributed by atoms with Gasteiger partial charge in [-0.2, -0.15) is 13.2 Å². The Morgan fingerprint density at radius 1 is 0.864 bits per heavy atom. The number of hydrogen-bond donors (Lipinski definition) is 0. The predicted molar refractivity (Wildman–Crippen MR) is 82.8 cm³/mol. The Labute approximate surface area is 129 Å². The second-order valence-electron chi connectivity index (χ2n) is 5.16. The molecular weight excluding hydrogens is 287 g/mol. The lowest BCUT2D eigenvalue weighted by molar-refractivity contribution is -0.140. The summed E-state index contributed by atoms with van der Waals surface area (Å²) in [6.45, 7) is 5.72. The van der Waals surface area contributed by atoms with Gasteiger partial charge in [0, 0.05) is 11.3 Å². The van der Waals surface area contributed by atoms with E-state index in [0.717, 1.165) is 11.1 Å². The first-order valence-corrected chi connectivity index (χ1v) is 7.61. The number of pyridine rings is 1. The molecule has 0 amide bonds. The molecule has 0 radical (unpaired) electrons. The molecule has 0 bridgehead atoms. The molecule has 0 aliphatic carbocycles. The van der Waals surface area contributed by atoms with Gasteiger partial charge >= 0.3 is 6.18 Å². The van der Waals surface area contributed by atoms with Crippen molar-refractivity contribution < 1.29 is 13.2 Å². The predicted octanol–water partition coefficient (Wildman–Crippen LogP) is 5.45. The van der Waals surface area contributed by atoms with Crippen LogP contribution in [0.1, 0.15) is 43.3 Å². The normalized spacial score (nSPS) is 11.7. The highest BCUT2D eigenvalue weighted by atomic mass is 19.4. The minimum absolute atomic E-state index is 0.240. The molecule has 0 unspecified atom stereocenters. The van der Waals surface area contributed by atoms with Crippen LogP contribution in [0.15, 0.2) is 30.3 Å². The van der Waals surface area contributed by atoms with Gasteiger partial charge in [0.2, 0.25) is 0 Å². The fourth-order valence-electron chi connectivity index (χ4n) is 2.95. The first-order chi connectivity index (χ1) is 10.4. The van der Waals surface area contributed by atoms with Crippen molar-refractivity contribution in [1.82, 2.24) is 4.98 Å². The molecule has 4 heteroatoms. The summed E-state index contributed by atoms with van der Waals surface area (Å²) < 4.78 is 40.6. The minimum atomic E-state index is -4.45. The molecule has 1 aromatic heterocycles. The number of aromatic nitrogens is 1. The smallest absolute Gasteiger partial charge is 0.247 e. The zero-order valence-corrected chi connectivity index (χ0v) is 13.1. The van der Waals surface area contributed by atoms with Crippen molar-refractivity contribution in [3.63, 3.8) is 0 Å². The van der Waals surface area contributed by atoms with E-state index < -0.39 is 11.9 Å². The summed E-state index contributed by atoms with van der Waals surface area (Å²) in [7, 11) is 0. The highest BCUT2D eigenvalue weighted by Gasteiger charge is 2.38. The second-order valence-corrected chi connectivity index (χ2v) is 5.16. The van der Waals surface area contributed by atoms with E-state index in [0.29, 0.717) is 30.5 Å². The van der Waals surface area contributed by atoms with Gasteiger partial charge in [0.25, 0.3) is 0 Å². The van der Waals surface area contributed by atoms with Gasteiger partial charge < -0.3 is 0 Å². The van der Waals surface area contributed by atoms with Crippen LogP contribution in [-0.4, -0.2) is 4.98 Å². The Kier molecular flexibility index (Phi) is 4.89. The molecule has 1 aromatic carbocycles. The maximum Gasteiger partial charge on any atom is 0.433 e. The second kappa shape index (κ2) is 6.51. The van der Waals surface area contributed by atoms with Crippen LogP contribution in [-0.2, 0) is 25.4 Å². The quantitative estimate of drug-likeness (QED) is 0.731. The highest BCUT2D eigenvalue weighted by Crippen LogP contribution is 2.40. The number of halogens is 3. The van der Waals surface area contributed by atoms with Gasteiger partial charge in [0.15, 0.2) is 5.69 Å². The molecular formula is C18H20F3N. The van der Waals surface area contributed by atoms with Crippen LogP contribution in [0.3, 0.4) is 0 Å². The summed E-state index contributed by atoms with van der Waals surface area (Å²) >= 11 is 0. The Bertz CT molecular complexity index is 646. The largest absolute Gasteiger partial charge is 0.433 e. The van der Waals surface area contributed by atoms with Crippen molar-refractivity contribution in [3.05, 3.63) is 52.8 Å². The van der Waals surface area contributed by atoms with Crippen LogP contribution >= 0.6 is 0 Å². The van der Waals surface area contributed by atoms with E-state index in [1.54, 1.807) is 30.3 Å². The molecule has 2 aromatic rings. The molecule has 0 aliphatic rings. The fourth-order valence-corrected chi connectivity index (χ4v) is 2.95. The average molecular weight is 307 g/mol. The van der Waals surface area contributed by atoms with Crippen molar-refractivity contribution in [2.24, 2.45) is 0 Å². The van der Waals surface area contributed by atoms with Crippen molar-refractivity contribution in [2.45, 2.75) is 46.2 Å². The van der Waals surface area contributed by atoms with E-state index in [-0.39, 0.29) is 5.56 Å². The SMILES string of the molecule is CCc1nc(C(F)(F)F)c(-c2ccccc2)c(CC)c1CC. The van der Waals surface area contributed by atoms with Crippen LogP contribution in [0.5, 0.6) is 0 Å². The third-order valence-electron chi connectivity index (χ3n) is 3.87. The van der Waals surface area contributed by atoms with Gasteiger partial charge in [-0.05, 0) is 36.0 Å². The lowest BCUT2D eigenvalue weighted by atomic mass is 9.89. The Balaban J connectivity index is 2.89. The summed E-state index contributed by atoms with van der Waals surface area (Å²) in [5.74, 6) is 0. The third-order valence-corrected chi connectivity index (χ3v) is 3.87. The maximum absolute atomic E-state index is 13.5. The first-order valence-electron chi connectivity index (χ1n) is 7.61. The molecule has 0 saturated carbocycles. The van der Waals surface area contributed by atoms with Crippen molar-refractivity contribution in [2.75, 3.05) is 0 Å². The first kappa shape index (κ1) is 16.5. The van der Waals surface area contributed by atoms with Gasteiger partial charge in [-0.15, -0.1) is 0 Å². The van der Waals surface area contributed by atoms with Crippen LogP contribution in [0.4, 0.5) is 13.2 Å². The van der Waals surface area contributed by atoms with Gasteiger partial charge in [-0.3, -0.25) is 0 Å². The van der Waals surface area contributed by atoms with E-state index >= 15 is 0 Å². The molecule has 0 saturated heterocycles. The lowest BCUT2D eigenvalue weighted by Crippen LogP contribution is -2.16. The van der Waals surface area contributed by atoms with Gasteiger partial charge in [-0.1, -0.05) is 51.1 Å². The molecule has 0 fully saturated rings. The third kappa shape index (κ3) is 3.01. The molecule has 0 aliphatic heterocycles. The summed E-state index contributed by atoms with van der Waals surface area (Å²) in [5, 5.41) is 0. The number of benzene rings is 1. The molecule has 1 nitrogen and oxygen atoms in total. The van der Waals surface area contributed by atoms with E-state index in [9.17, 15) is 13.2 Å². The van der Waals surface area contributed by atoms with Crippen molar-refractivity contribution in [1.29, 1.82) is 0 Å². The van der Waals surface area contributed by atoms with E-state index in [1.165, 1.54) is 0 Å². The molecule has 22 heavy (non-hydrogen) atoms. The number of aryl methyl sites for hydroxylation is 1. The van der Waals surface area contributed by atoms with Crippen LogP contribution < -0.4 is 0 Å². The lowest BCUT2D eigenvalue weighted by Gasteiger charge is -2.21. The maximum atomic E-state index is 13.5. The van der Waals surface area contributed by atoms with Crippen molar-refractivity contribution in [3.8, 4) is 11.1 Å². The van der Waals surface area contributed by atoms with Gasteiger partial charge in [0.1, 0.15) is 0 Å². The summed E-state index contributed by atoms with van der Waals surface area (Å²) in [5.41, 5.74) is 2.35. The molecule has 1 heterocycles. The number of nitrogens with zero attached hydrogens (tertiary/aromatic N) is 1. The van der Waals surface area contributed by atoms with E-state index in [1.807, 2.05) is 20.8 Å². The molecule has 0 atom stereocenters. The van der Waals surface area contributed by atoms with Gasteiger partial charge in [-0.25, -0.2) is 4.98 Å². The van der Waals surface area contributed by atoms with Crippen molar-refractivity contribution >= 4 is 0 Å². The fraction of sp³-hybridized carbons (Fsp3) is 0.389. The van der Waals surface area contributed by atoms with E-state index in [2.05, 4.69) is 4.98 Å². The zero-order valence-electron chi connectivity index (χ0n) is 13.1.